The first-order valence-electron chi connectivity index (χ1n) is 6.02. The van der Waals surface area contributed by atoms with Gasteiger partial charge in [0.2, 0.25) is 5.91 Å². The fraction of sp³-hybridized carbons (Fsp3) is 0.500. The predicted octanol–water partition coefficient (Wildman–Crippen LogP) is 3.06. The van der Waals surface area contributed by atoms with Gasteiger partial charge in [0.15, 0.2) is 0 Å². The normalized spacial score (nSPS) is 12.2. The number of halogens is 1. The smallest absolute Gasteiger partial charge is 0.220 e. The van der Waals surface area contributed by atoms with Crippen LogP contribution in [0.2, 0.25) is 0 Å². The van der Waals surface area contributed by atoms with E-state index in [9.17, 15) is 4.79 Å². The van der Waals surface area contributed by atoms with Gasteiger partial charge in [0.05, 0.1) is 0 Å². The number of nitrogens with one attached hydrogen (secondary N) is 1. The van der Waals surface area contributed by atoms with Crippen molar-refractivity contribution < 1.29 is 4.79 Å². The Kier molecular flexibility index (Phi) is 6.06. The summed E-state index contributed by atoms with van der Waals surface area (Å²) in [5, 5.41) is 2.99. The third-order valence-electron chi connectivity index (χ3n) is 2.57. The molecule has 0 heterocycles. The first-order valence-corrected chi connectivity index (χ1v) is 6.56. The van der Waals surface area contributed by atoms with Gasteiger partial charge in [0, 0.05) is 18.3 Å². The average Bonchev–Trinajstić information content (AvgIpc) is 2.26. The third-order valence-corrected chi connectivity index (χ3v) is 2.84. The second kappa shape index (κ2) is 7.33. The molecule has 0 aliphatic heterocycles. The predicted molar refractivity (Wildman–Crippen MR) is 72.4 cm³/mol. The molecule has 0 aliphatic carbocycles. The van der Waals surface area contributed by atoms with Gasteiger partial charge in [-0.3, -0.25) is 4.79 Å². The van der Waals surface area contributed by atoms with Crippen LogP contribution >= 0.6 is 11.6 Å². The fourth-order valence-electron chi connectivity index (χ4n) is 1.82. The summed E-state index contributed by atoms with van der Waals surface area (Å²) in [6, 6.07) is 8.54. The summed E-state index contributed by atoms with van der Waals surface area (Å²) in [5.74, 6) is 0.630. The van der Waals surface area contributed by atoms with Gasteiger partial charge in [0.1, 0.15) is 0 Å². The monoisotopic (exact) mass is 253 g/mol. The van der Waals surface area contributed by atoms with Gasteiger partial charge in [-0.1, -0.05) is 29.8 Å². The molecule has 1 aromatic rings. The van der Waals surface area contributed by atoms with E-state index in [1.165, 1.54) is 11.1 Å². The van der Waals surface area contributed by atoms with Crippen molar-refractivity contribution in [2.24, 2.45) is 0 Å². The van der Waals surface area contributed by atoms with Crippen LogP contribution in [0.3, 0.4) is 0 Å². The molecule has 0 fully saturated rings. The molecule has 3 heteroatoms. The van der Waals surface area contributed by atoms with Crippen LogP contribution in [-0.2, 0) is 11.2 Å². The Morgan fingerprint density at radius 3 is 2.88 bits per heavy atom. The molecule has 0 saturated carbocycles. The summed E-state index contributed by atoms with van der Waals surface area (Å²) in [6.07, 6.45) is 2.13. The molecule has 0 aromatic heterocycles. The lowest BCUT2D eigenvalue weighted by Gasteiger charge is -2.14. The van der Waals surface area contributed by atoms with E-state index in [-0.39, 0.29) is 11.9 Å². The molecule has 17 heavy (non-hydrogen) atoms. The molecule has 1 unspecified atom stereocenters. The first kappa shape index (κ1) is 14.0. The Balaban J connectivity index is 2.39. The highest BCUT2D eigenvalue weighted by atomic mass is 35.5. The van der Waals surface area contributed by atoms with Gasteiger partial charge in [0.25, 0.3) is 0 Å². The van der Waals surface area contributed by atoms with Crippen molar-refractivity contribution >= 4 is 17.5 Å². The number of aryl methyl sites for hydroxylation is 1. The lowest BCUT2D eigenvalue weighted by molar-refractivity contribution is -0.121. The molecule has 1 aromatic carbocycles. The second-order valence-electron chi connectivity index (χ2n) is 4.45. The maximum Gasteiger partial charge on any atom is 0.220 e. The van der Waals surface area contributed by atoms with Crippen molar-refractivity contribution in [1.29, 1.82) is 0 Å². The van der Waals surface area contributed by atoms with E-state index in [1.807, 2.05) is 13.0 Å². The quantitative estimate of drug-likeness (QED) is 0.776. The van der Waals surface area contributed by atoms with Crippen LogP contribution < -0.4 is 5.32 Å². The summed E-state index contributed by atoms with van der Waals surface area (Å²) in [7, 11) is 0. The van der Waals surface area contributed by atoms with Gasteiger partial charge in [-0.05, 0) is 32.3 Å². The summed E-state index contributed by atoms with van der Waals surface area (Å²) >= 11 is 5.55. The van der Waals surface area contributed by atoms with E-state index in [0.29, 0.717) is 12.3 Å². The van der Waals surface area contributed by atoms with Gasteiger partial charge in [-0.25, -0.2) is 0 Å². The van der Waals surface area contributed by atoms with Crippen molar-refractivity contribution in [3.8, 4) is 0 Å². The average molecular weight is 254 g/mol. The Bertz CT molecular complexity index is 365. The highest BCUT2D eigenvalue weighted by Gasteiger charge is 2.07. The van der Waals surface area contributed by atoms with Crippen LogP contribution in [-0.4, -0.2) is 17.8 Å². The lowest BCUT2D eigenvalue weighted by atomic mass is 10.0. The molecule has 1 rings (SSSR count). The molecular weight excluding hydrogens is 234 g/mol. The minimum absolute atomic E-state index is 0.0887. The van der Waals surface area contributed by atoms with E-state index < -0.39 is 0 Å². The zero-order valence-corrected chi connectivity index (χ0v) is 11.3. The highest BCUT2D eigenvalue weighted by Crippen LogP contribution is 2.07. The number of rotatable bonds is 6. The number of benzene rings is 1. The van der Waals surface area contributed by atoms with Crippen molar-refractivity contribution in [3.63, 3.8) is 0 Å². The largest absolute Gasteiger partial charge is 0.353 e. The summed E-state index contributed by atoms with van der Waals surface area (Å²) in [5.41, 5.74) is 2.51. The van der Waals surface area contributed by atoms with E-state index in [2.05, 4.69) is 30.4 Å². The Labute approximate surface area is 108 Å². The molecule has 0 bridgehead atoms. The second-order valence-corrected chi connectivity index (χ2v) is 4.83. The van der Waals surface area contributed by atoms with E-state index in [0.717, 1.165) is 12.8 Å². The lowest BCUT2D eigenvalue weighted by Crippen LogP contribution is -2.33. The maximum atomic E-state index is 11.5. The molecule has 0 radical (unpaired) electrons. The van der Waals surface area contributed by atoms with Gasteiger partial charge in [-0.15, -0.1) is 11.6 Å². The first-order chi connectivity index (χ1) is 8.11. The maximum absolute atomic E-state index is 11.5. The highest BCUT2D eigenvalue weighted by molar-refractivity contribution is 6.17. The van der Waals surface area contributed by atoms with E-state index in [4.69, 9.17) is 11.6 Å². The topological polar surface area (TPSA) is 29.1 Å². The molecule has 94 valence electrons. The molecule has 1 N–H and O–H groups in total. The van der Waals surface area contributed by atoms with Gasteiger partial charge < -0.3 is 5.32 Å². The Hall–Kier alpha value is -1.02. The molecule has 0 aliphatic rings. The zero-order valence-electron chi connectivity index (χ0n) is 10.5. The molecule has 0 saturated heterocycles. The van der Waals surface area contributed by atoms with Crippen LogP contribution in [0.25, 0.3) is 0 Å². The Morgan fingerprint density at radius 1 is 1.47 bits per heavy atom. The molecule has 1 atom stereocenters. The van der Waals surface area contributed by atoms with E-state index >= 15 is 0 Å². The number of hydrogen-bond acceptors (Lipinski definition) is 1. The number of hydrogen-bond donors (Lipinski definition) is 1. The number of amides is 1. The zero-order chi connectivity index (χ0) is 12.7. The molecule has 0 spiro atoms. The molecular formula is C14H20ClNO. The standard InChI is InChI=1S/C14H20ClNO/c1-11-5-3-6-13(9-11)10-12(2)16-14(17)7-4-8-15/h3,5-6,9,12H,4,7-8,10H2,1-2H3,(H,16,17). The summed E-state index contributed by atoms with van der Waals surface area (Å²) < 4.78 is 0. The number of carbonyl (C=O) groups excluding carboxylic acids is 1. The Morgan fingerprint density at radius 2 is 2.24 bits per heavy atom. The van der Waals surface area contributed by atoms with Crippen molar-refractivity contribution in [2.45, 2.75) is 39.2 Å². The minimum atomic E-state index is 0.0887. The van der Waals surface area contributed by atoms with Gasteiger partial charge >= 0.3 is 0 Å². The van der Waals surface area contributed by atoms with Crippen LogP contribution in [0, 0.1) is 6.92 Å². The fourth-order valence-corrected chi connectivity index (χ4v) is 1.95. The van der Waals surface area contributed by atoms with E-state index in [1.54, 1.807) is 0 Å². The molecule has 1 amide bonds. The summed E-state index contributed by atoms with van der Waals surface area (Å²) in [4.78, 5) is 11.5. The van der Waals surface area contributed by atoms with Gasteiger partial charge in [-0.2, -0.15) is 0 Å². The number of alkyl halides is 1. The van der Waals surface area contributed by atoms with Crippen LogP contribution in [0.1, 0.15) is 30.9 Å². The molecule has 2 nitrogen and oxygen atoms in total. The van der Waals surface area contributed by atoms with Crippen LogP contribution in [0.4, 0.5) is 0 Å². The number of carbonyl (C=O) groups is 1. The SMILES string of the molecule is Cc1cccc(CC(C)NC(=O)CCCCl)c1. The minimum Gasteiger partial charge on any atom is -0.353 e. The van der Waals surface area contributed by atoms with Crippen molar-refractivity contribution in [2.75, 3.05) is 5.88 Å². The van der Waals surface area contributed by atoms with Crippen LogP contribution in [0.5, 0.6) is 0 Å². The third kappa shape index (κ3) is 5.73. The van der Waals surface area contributed by atoms with Crippen molar-refractivity contribution in [1.82, 2.24) is 5.32 Å². The summed E-state index contributed by atoms with van der Waals surface area (Å²) in [6.45, 7) is 4.11. The van der Waals surface area contributed by atoms with Crippen LogP contribution in [0.15, 0.2) is 24.3 Å². The van der Waals surface area contributed by atoms with Crippen molar-refractivity contribution in [3.05, 3.63) is 35.4 Å².